The van der Waals surface area contributed by atoms with E-state index < -0.39 is 0 Å². The van der Waals surface area contributed by atoms with Crippen LogP contribution in [0.2, 0.25) is 0 Å². The van der Waals surface area contributed by atoms with Crippen molar-refractivity contribution in [1.29, 1.82) is 0 Å². The predicted molar refractivity (Wildman–Crippen MR) is 90.6 cm³/mol. The van der Waals surface area contributed by atoms with Crippen molar-refractivity contribution in [3.05, 3.63) is 58.0 Å². The highest BCUT2D eigenvalue weighted by atomic mass is 16.2. The molecule has 3 rings (SSSR count). The number of rotatable bonds is 4. The van der Waals surface area contributed by atoms with Crippen molar-refractivity contribution in [3.8, 4) is 0 Å². The Morgan fingerprint density at radius 3 is 2.88 bits per heavy atom. The van der Waals surface area contributed by atoms with E-state index in [9.17, 15) is 9.59 Å². The van der Waals surface area contributed by atoms with Gasteiger partial charge in [0.1, 0.15) is 6.54 Å². The van der Waals surface area contributed by atoms with Gasteiger partial charge in [-0.05, 0) is 50.8 Å². The fourth-order valence-corrected chi connectivity index (χ4v) is 3.24. The summed E-state index contributed by atoms with van der Waals surface area (Å²) in [5.41, 5.74) is 2.15. The Balaban J connectivity index is 1.62. The number of hydrogen-bond donors (Lipinski definition) is 0. The van der Waals surface area contributed by atoms with Gasteiger partial charge in [-0.1, -0.05) is 6.07 Å². The summed E-state index contributed by atoms with van der Waals surface area (Å²) in [6.45, 7) is 5.14. The second-order valence-electron chi connectivity index (χ2n) is 6.43. The van der Waals surface area contributed by atoms with Crippen molar-refractivity contribution in [3.63, 3.8) is 0 Å². The summed E-state index contributed by atoms with van der Waals surface area (Å²) in [4.78, 5) is 34.6. The van der Waals surface area contributed by atoms with Gasteiger partial charge in [-0.25, -0.2) is 4.79 Å². The summed E-state index contributed by atoms with van der Waals surface area (Å²) >= 11 is 0. The average molecular weight is 326 g/mol. The monoisotopic (exact) mass is 326 g/mol. The van der Waals surface area contributed by atoms with Crippen LogP contribution in [0.4, 0.5) is 0 Å². The molecule has 6 nitrogen and oxygen atoms in total. The summed E-state index contributed by atoms with van der Waals surface area (Å²) in [6.07, 6.45) is 3.66. The van der Waals surface area contributed by atoms with Crippen LogP contribution in [0.15, 0.2) is 35.3 Å². The second kappa shape index (κ2) is 6.95. The molecule has 1 unspecified atom stereocenters. The van der Waals surface area contributed by atoms with Gasteiger partial charge in [0.25, 0.3) is 0 Å². The maximum Gasteiger partial charge on any atom is 0.348 e. The van der Waals surface area contributed by atoms with E-state index in [2.05, 4.69) is 9.97 Å². The molecule has 126 valence electrons. The first-order valence-corrected chi connectivity index (χ1v) is 8.25. The van der Waals surface area contributed by atoms with E-state index in [1.807, 2.05) is 36.1 Å². The van der Waals surface area contributed by atoms with Crippen LogP contribution in [0, 0.1) is 19.8 Å². The first-order valence-electron chi connectivity index (χ1n) is 8.25. The number of amides is 1. The number of carbonyl (C=O) groups excluding carboxylic acids is 1. The van der Waals surface area contributed by atoms with Gasteiger partial charge in [-0.15, -0.1) is 0 Å². The fraction of sp³-hybridized carbons (Fsp3) is 0.444. The molecule has 2 aromatic heterocycles. The minimum atomic E-state index is -0.356. The van der Waals surface area contributed by atoms with Crippen LogP contribution in [0.3, 0.4) is 0 Å². The molecule has 0 spiro atoms. The van der Waals surface area contributed by atoms with Gasteiger partial charge in [0.15, 0.2) is 0 Å². The topological polar surface area (TPSA) is 68.1 Å². The molecule has 1 aliphatic heterocycles. The Kier molecular flexibility index (Phi) is 4.74. The van der Waals surface area contributed by atoms with E-state index in [4.69, 9.17) is 0 Å². The number of nitrogens with zero attached hydrogens (tertiary/aromatic N) is 4. The van der Waals surface area contributed by atoms with Crippen LogP contribution in [-0.2, 0) is 17.8 Å². The lowest BCUT2D eigenvalue weighted by Crippen LogP contribution is -2.37. The second-order valence-corrected chi connectivity index (χ2v) is 6.43. The van der Waals surface area contributed by atoms with Crippen LogP contribution in [0.1, 0.15) is 23.5 Å². The summed E-state index contributed by atoms with van der Waals surface area (Å²) in [5.74, 6) is 0.409. The first-order chi connectivity index (χ1) is 11.5. The summed E-state index contributed by atoms with van der Waals surface area (Å²) in [7, 11) is 0. The molecule has 6 heteroatoms. The summed E-state index contributed by atoms with van der Waals surface area (Å²) in [5, 5.41) is 0. The molecule has 24 heavy (non-hydrogen) atoms. The van der Waals surface area contributed by atoms with Gasteiger partial charge in [0, 0.05) is 36.4 Å². The number of aryl methyl sites for hydroxylation is 2. The van der Waals surface area contributed by atoms with E-state index in [1.54, 1.807) is 13.1 Å². The Bertz CT molecular complexity index is 785. The van der Waals surface area contributed by atoms with E-state index in [-0.39, 0.29) is 18.1 Å². The third-order valence-electron chi connectivity index (χ3n) is 4.50. The molecule has 1 atom stereocenters. The van der Waals surface area contributed by atoms with Gasteiger partial charge in [0.05, 0.1) is 0 Å². The lowest BCUT2D eigenvalue weighted by Gasteiger charge is -2.18. The minimum Gasteiger partial charge on any atom is -0.341 e. The molecule has 0 radical (unpaired) electrons. The SMILES string of the molecule is Cc1cc(C)n(CC(=O)N2CCC(Cc3ccccn3)C2)c(=O)n1. The maximum atomic E-state index is 12.5. The standard InChI is InChI=1S/C18H22N4O2/c1-13-9-14(2)22(18(24)20-13)12-17(23)21-8-6-15(11-21)10-16-5-3-4-7-19-16/h3-5,7,9,15H,6,8,10-12H2,1-2H3. The number of aromatic nitrogens is 3. The highest BCUT2D eigenvalue weighted by Gasteiger charge is 2.27. The zero-order valence-electron chi connectivity index (χ0n) is 14.1. The van der Waals surface area contributed by atoms with Gasteiger partial charge >= 0.3 is 5.69 Å². The van der Waals surface area contributed by atoms with Crippen molar-refractivity contribution in [2.75, 3.05) is 13.1 Å². The molecule has 0 bridgehead atoms. The van der Waals surface area contributed by atoms with E-state index in [1.165, 1.54) is 4.57 Å². The quantitative estimate of drug-likeness (QED) is 0.850. The van der Waals surface area contributed by atoms with Crippen molar-refractivity contribution in [1.82, 2.24) is 19.4 Å². The number of hydrogen-bond acceptors (Lipinski definition) is 4. The van der Waals surface area contributed by atoms with E-state index >= 15 is 0 Å². The van der Waals surface area contributed by atoms with Gasteiger partial charge in [-0.3, -0.25) is 14.3 Å². The lowest BCUT2D eigenvalue weighted by atomic mass is 10.0. The molecule has 0 aromatic carbocycles. The number of pyridine rings is 1. The van der Waals surface area contributed by atoms with Crippen LogP contribution in [0.5, 0.6) is 0 Å². The van der Waals surface area contributed by atoms with Crippen molar-refractivity contribution >= 4 is 5.91 Å². The third-order valence-corrected chi connectivity index (χ3v) is 4.50. The summed E-state index contributed by atoms with van der Waals surface area (Å²) in [6, 6.07) is 7.73. The van der Waals surface area contributed by atoms with Crippen LogP contribution < -0.4 is 5.69 Å². The largest absolute Gasteiger partial charge is 0.348 e. The van der Waals surface area contributed by atoms with E-state index in [0.29, 0.717) is 11.6 Å². The highest BCUT2D eigenvalue weighted by Crippen LogP contribution is 2.20. The third kappa shape index (κ3) is 3.69. The molecule has 0 saturated carbocycles. The van der Waals surface area contributed by atoms with Crippen molar-refractivity contribution < 1.29 is 4.79 Å². The Morgan fingerprint density at radius 1 is 1.33 bits per heavy atom. The highest BCUT2D eigenvalue weighted by molar-refractivity contribution is 5.76. The Morgan fingerprint density at radius 2 is 2.17 bits per heavy atom. The van der Waals surface area contributed by atoms with Crippen LogP contribution >= 0.6 is 0 Å². The molecule has 3 heterocycles. The van der Waals surface area contributed by atoms with Crippen molar-refractivity contribution in [2.24, 2.45) is 5.92 Å². The van der Waals surface area contributed by atoms with Gasteiger partial charge < -0.3 is 4.90 Å². The van der Waals surface area contributed by atoms with Gasteiger partial charge in [0.2, 0.25) is 5.91 Å². The van der Waals surface area contributed by atoms with Crippen LogP contribution in [0.25, 0.3) is 0 Å². The fourth-order valence-electron chi connectivity index (χ4n) is 3.24. The van der Waals surface area contributed by atoms with Crippen molar-refractivity contribution in [2.45, 2.75) is 33.2 Å². The maximum absolute atomic E-state index is 12.5. The molecular weight excluding hydrogens is 304 g/mol. The van der Waals surface area contributed by atoms with Gasteiger partial charge in [-0.2, -0.15) is 4.98 Å². The summed E-state index contributed by atoms with van der Waals surface area (Å²) < 4.78 is 1.45. The molecule has 0 aliphatic carbocycles. The molecule has 1 aliphatic rings. The molecule has 0 N–H and O–H groups in total. The van der Waals surface area contributed by atoms with E-state index in [0.717, 1.165) is 37.3 Å². The predicted octanol–water partition coefficient (Wildman–Crippen LogP) is 1.35. The zero-order valence-corrected chi connectivity index (χ0v) is 14.1. The molecular formula is C18H22N4O2. The average Bonchev–Trinajstić information content (AvgIpc) is 3.00. The Hall–Kier alpha value is -2.50. The smallest absolute Gasteiger partial charge is 0.341 e. The Labute approximate surface area is 141 Å². The lowest BCUT2D eigenvalue weighted by molar-refractivity contribution is -0.131. The minimum absolute atomic E-state index is 0.0191. The normalized spacial score (nSPS) is 17.2. The first kappa shape index (κ1) is 16.4. The number of carbonyl (C=O) groups is 1. The molecule has 1 saturated heterocycles. The molecule has 1 fully saturated rings. The molecule has 2 aromatic rings. The van der Waals surface area contributed by atoms with Crippen LogP contribution in [-0.4, -0.2) is 38.4 Å². The number of likely N-dealkylation sites (tertiary alicyclic amines) is 1. The zero-order chi connectivity index (χ0) is 17.1. The molecule has 1 amide bonds.